The molecule has 2 aromatic rings. The predicted octanol–water partition coefficient (Wildman–Crippen LogP) is 1.97. The number of hydrogen-bond acceptors (Lipinski definition) is 2. The molecule has 4 heteroatoms. The van der Waals surface area contributed by atoms with Crippen LogP contribution in [0.25, 0.3) is 10.9 Å². The van der Waals surface area contributed by atoms with Gasteiger partial charge in [-0.3, -0.25) is 4.79 Å². The minimum atomic E-state index is -0.419. The minimum absolute atomic E-state index is 0.419. The molecule has 0 bridgehead atoms. The number of benzene rings is 1. The van der Waals surface area contributed by atoms with E-state index in [9.17, 15) is 4.79 Å². The van der Waals surface area contributed by atoms with Gasteiger partial charge in [0.1, 0.15) is 5.75 Å². The minimum Gasteiger partial charge on any atom is -0.494 e. The summed E-state index contributed by atoms with van der Waals surface area (Å²) in [5, 5.41) is 0.816. The van der Waals surface area contributed by atoms with Gasteiger partial charge in [-0.05, 0) is 32.0 Å². The molecule has 0 saturated carbocycles. The predicted molar refractivity (Wildman–Crippen MR) is 62.7 cm³/mol. The van der Waals surface area contributed by atoms with Gasteiger partial charge in [-0.2, -0.15) is 0 Å². The highest BCUT2D eigenvalue weighted by molar-refractivity contribution is 6.07. The van der Waals surface area contributed by atoms with Crippen LogP contribution in [0.1, 0.15) is 23.0 Å². The lowest BCUT2D eigenvalue weighted by Gasteiger charge is -2.02. The van der Waals surface area contributed by atoms with E-state index in [1.54, 1.807) is 0 Å². The van der Waals surface area contributed by atoms with Crippen molar-refractivity contribution in [2.75, 3.05) is 6.61 Å². The molecule has 84 valence electrons. The number of amides is 1. The van der Waals surface area contributed by atoms with E-state index >= 15 is 0 Å². The van der Waals surface area contributed by atoms with Crippen molar-refractivity contribution in [3.8, 4) is 5.75 Å². The highest BCUT2D eigenvalue weighted by atomic mass is 16.5. The first kappa shape index (κ1) is 10.5. The van der Waals surface area contributed by atoms with Crippen molar-refractivity contribution in [3.63, 3.8) is 0 Å². The average molecular weight is 218 g/mol. The normalized spacial score (nSPS) is 10.6. The third-order valence-corrected chi connectivity index (χ3v) is 2.51. The summed E-state index contributed by atoms with van der Waals surface area (Å²) in [6, 6.07) is 5.59. The number of hydrogen-bond donors (Lipinski definition) is 2. The Balaban J connectivity index is 2.64. The second-order valence-corrected chi connectivity index (χ2v) is 3.63. The summed E-state index contributed by atoms with van der Waals surface area (Å²) in [5.41, 5.74) is 7.57. The summed E-state index contributed by atoms with van der Waals surface area (Å²) >= 11 is 0. The van der Waals surface area contributed by atoms with E-state index in [-0.39, 0.29) is 0 Å². The van der Waals surface area contributed by atoms with E-state index in [1.807, 2.05) is 32.0 Å². The Labute approximate surface area is 93.4 Å². The molecule has 0 saturated heterocycles. The van der Waals surface area contributed by atoms with Crippen LogP contribution in [-0.2, 0) is 0 Å². The van der Waals surface area contributed by atoms with E-state index in [1.165, 1.54) is 0 Å². The van der Waals surface area contributed by atoms with Crippen LogP contribution in [0.2, 0.25) is 0 Å². The molecule has 0 atom stereocenters. The van der Waals surface area contributed by atoms with Gasteiger partial charge in [0, 0.05) is 16.6 Å². The van der Waals surface area contributed by atoms with Crippen LogP contribution in [0.4, 0.5) is 0 Å². The molecule has 0 spiro atoms. The molecule has 4 nitrogen and oxygen atoms in total. The molecule has 0 unspecified atom stereocenters. The number of carbonyl (C=O) groups excluding carboxylic acids is 1. The summed E-state index contributed by atoms with van der Waals surface area (Å²) in [5.74, 6) is 0.328. The zero-order valence-corrected chi connectivity index (χ0v) is 9.33. The van der Waals surface area contributed by atoms with E-state index in [2.05, 4.69) is 4.98 Å². The van der Waals surface area contributed by atoms with E-state index in [0.717, 1.165) is 22.3 Å². The Morgan fingerprint density at radius 1 is 1.50 bits per heavy atom. The van der Waals surface area contributed by atoms with Crippen LogP contribution in [0.3, 0.4) is 0 Å². The SMILES string of the molecule is CCOc1ccc2[nH]c(C)c(C(N)=O)c2c1. The number of carbonyl (C=O) groups is 1. The van der Waals surface area contributed by atoms with E-state index in [4.69, 9.17) is 10.5 Å². The van der Waals surface area contributed by atoms with Gasteiger partial charge in [-0.15, -0.1) is 0 Å². The summed E-state index contributed by atoms with van der Waals surface area (Å²) < 4.78 is 5.39. The van der Waals surface area contributed by atoms with Gasteiger partial charge in [0.05, 0.1) is 12.2 Å². The molecule has 16 heavy (non-hydrogen) atoms. The molecule has 0 aliphatic rings. The average Bonchev–Trinajstić information content (AvgIpc) is 2.53. The van der Waals surface area contributed by atoms with Gasteiger partial charge in [-0.1, -0.05) is 0 Å². The van der Waals surface area contributed by atoms with Crippen molar-refractivity contribution < 1.29 is 9.53 Å². The maximum atomic E-state index is 11.3. The van der Waals surface area contributed by atoms with Crippen molar-refractivity contribution in [1.29, 1.82) is 0 Å². The number of aromatic amines is 1. The molecule has 0 aliphatic heterocycles. The number of ether oxygens (including phenoxy) is 1. The van der Waals surface area contributed by atoms with Crippen LogP contribution in [0, 0.1) is 6.92 Å². The molecule has 1 heterocycles. The maximum absolute atomic E-state index is 11.3. The largest absolute Gasteiger partial charge is 0.494 e. The molecular formula is C12H14N2O2. The monoisotopic (exact) mass is 218 g/mol. The summed E-state index contributed by atoms with van der Waals surface area (Å²) in [7, 11) is 0. The highest BCUT2D eigenvalue weighted by Gasteiger charge is 2.13. The second-order valence-electron chi connectivity index (χ2n) is 3.63. The lowest BCUT2D eigenvalue weighted by molar-refractivity contribution is 0.100. The summed E-state index contributed by atoms with van der Waals surface area (Å²) in [6.45, 7) is 4.35. The topological polar surface area (TPSA) is 68.1 Å². The maximum Gasteiger partial charge on any atom is 0.251 e. The first-order chi connectivity index (χ1) is 7.63. The first-order valence-corrected chi connectivity index (χ1v) is 5.18. The molecule has 2 rings (SSSR count). The number of primary amides is 1. The van der Waals surface area contributed by atoms with Crippen molar-refractivity contribution in [2.24, 2.45) is 5.73 Å². The molecule has 1 aromatic heterocycles. The van der Waals surface area contributed by atoms with Crippen molar-refractivity contribution in [1.82, 2.24) is 4.98 Å². The molecule has 0 radical (unpaired) electrons. The second kappa shape index (κ2) is 3.89. The number of H-pyrrole nitrogens is 1. The standard InChI is InChI=1S/C12H14N2O2/c1-3-16-8-4-5-10-9(6-8)11(12(13)15)7(2)14-10/h4-6,14H,3H2,1-2H3,(H2,13,15). The molecule has 3 N–H and O–H groups in total. The Morgan fingerprint density at radius 3 is 2.88 bits per heavy atom. The van der Waals surface area contributed by atoms with Crippen LogP contribution < -0.4 is 10.5 Å². The van der Waals surface area contributed by atoms with Gasteiger partial charge >= 0.3 is 0 Å². The fraction of sp³-hybridized carbons (Fsp3) is 0.250. The van der Waals surface area contributed by atoms with Gasteiger partial charge in [-0.25, -0.2) is 0 Å². The number of nitrogens with two attached hydrogens (primary N) is 1. The lowest BCUT2D eigenvalue weighted by atomic mass is 10.1. The Hall–Kier alpha value is -1.97. The zero-order valence-electron chi connectivity index (χ0n) is 9.33. The smallest absolute Gasteiger partial charge is 0.251 e. The zero-order chi connectivity index (χ0) is 11.7. The van der Waals surface area contributed by atoms with Crippen molar-refractivity contribution in [3.05, 3.63) is 29.5 Å². The third-order valence-electron chi connectivity index (χ3n) is 2.51. The van der Waals surface area contributed by atoms with Crippen molar-refractivity contribution in [2.45, 2.75) is 13.8 Å². The number of nitrogens with one attached hydrogen (secondary N) is 1. The van der Waals surface area contributed by atoms with Crippen LogP contribution in [-0.4, -0.2) is 17.5 Å². The molecular weight excluding hydrogens is 204 g/mol. The van der Waals surface area contributed by atoms with E-state index in [0.29, 0.717) is 12.2 Å². The molecule has 0 fully saturated rings. The van der Waals surface area contributed by atoms with Gasteiger partial charge in [0.2, 0.25) is 0 Å². The summed E-state index contributed by atoms with van der Waals surface area (Å²) in [4.78, 5) is 14.4. The van der Waals surface area contributed by atoms with Crippen LogP contribution in [0.5, 0.6) is 5.75 Å². The third kappa shape index (κ3) is 1.62. The van der Waals surface area contributed by atoms with Gasteiger partial charge < -0.3 is 15.5 Å². The van der Waals surface area contributed by atoms with E-state index < -0.39 is 5.91 Å². The summed E-state index contributed by atoms with van der Waals surface area (Å²) in [6.07, 6.45) is 0. The molecule has 1 amide bonds. The molecule has 0 aliphatic carbocycles. The number of rotatable bonds is 3. The Morgan fingerprint density at radius 2 is 2.25 bits per heavy atom. The van der Waals surface area contributed by atoms with Gasteiger partial charge in [0.25, 0.3) is 5.91 Å². The Kier molecular flexibility index (Phi) is 2.56. The lowest BCUT2D eigenvalue weighted by Crippen LogP contribution is -2.11. The van der Waals surface area contributed by atoms with Crippen LogP contribution >= 0.6 is 0 Å². The quantitative estimate of drug-likeness (QED) is 0.827. The fourth-order valence-electron chi connectivity index (χ4n) is 1.88. The number of fused-ring (bicyclic) bond motifs is 1. The Bertz CT molecular complexity index is 543. The number of aromatic nitrogens is 1. The van der Waals surface area contributed by atoms with Crippen molar-refractivity contribution >= 4 is 16.8 Å². The fourth-order valence-corrected chi connectivity index (χ4v) is 1.88. The van der Waals surface area contributed by atoms with Crippen LogP contribution in [0.15, 0.2) is 18.2 Å². The van der Waals surface area contributed by atoms with Gasteiger partial charge in [0.15, 0.2) is 0 Å². The molecule has 1 aromatic carbocycles. The first-order valence-electron chi connectivity index (χ1n) is 5.18. The number of aryl methyl sites for hydroxylation is 1. The highest BCUT2D eigenvalue weighted by Crippen LogP contribution is 2.26.